The van der Waals surface area contributed by atoms with Gasteiger partial charge in [-0.3, -0.25) is 4.79 Å². The van der Waals surface area contributed by atoms with Crippen molar-refractivity contribution in [2.24, 2.45) is 11.7 Å². The van der Waals surface area contributed by atoms with Crippen LogP contribution in [0.25, 0.3) is 0 Å². The summed E-state index contributed by atoms with van der Waals surface area (Å²) < 4.78 is 0. The van der Waals surface area contributed by atoms with Gasteiger partial charge in [-0.25, -0.2) is 0 Å². The summed E-state index contributed by atoms with van der Waals surface area (Å²) in [6.07, 6.45) is 6.84. The van der Waals surface area contributed by atoms with Crippen molar-refractivity contribution in [3.8, 4) is 0 Å². The molecule has 1 fully saturated rings. The van der Waals surface area contributed by atoms with E-state index < -0.39 is 0 Å². The molecule has 1 unspecified atom stereocenters. The number of hydrogen-bond acceptors (Lipinski definition) is 2. The normalized spacial score (nSPS) is 18.7. The molecule has 0 heterocycles. The lowest BCUT2D eigenvalue weighted by Crippen LogP contribution is -2.41. The molecule has 0 saturated heterocycles. The molecule has 2 N–H and O–H groups in total. The summed E-state index contributed by atoms with van der Waals surface area (Å²) in [5, 5.41) is 0. The Morgan fingerprint density at radius 2 is 2.06 bits per heavy atom. The molecule has 0 radical (unpaired) electrons. The van der Waals surface area contributed by atoms with Crippen LogP contribution in [-0.2, 0) is 4.79 Å². The van der Waals surface area contributed by atoms with Crippen LogP contribution < -0.4 is 5.73 Å². The minimum absolute atomic E-state index is 0.143. The Bertz CT molecular complexity index is 212. The van der Waals surface area contributed by atoms with Crippen LogP contribution in [0.2, 0.25) is 0 Å². The average Bonchev–Trinajstić information content (AvgIpc) is 2.80. The third-order valence-corrected chi connectivity index (χ3v) is 3.65. The summed E-state index contributed by atoms with van der Waals surface area (Å²) in [5.41, 5.74) is 5.48. The van der Waals surface area contributed by atoms with Gasteiger partial charge >= 0.3 is 0 Å². The lowest BCUT2D eigenvalue weighted by Gasteiger charge is -2.30. The maximum atomic E-state index is 12.3. The van der Waals surface area contributed by atoms with E-state index in [-0.39, 0.29) is 5.92 Å². The third-order valence-electron chi connectivity index (χ3n) is 3.65. The summed E-state index contributed by atoms with van der Waals surface area (Å²) in [5.74, 6) is 0.479. The van der Waals surface area contributed by atoms with Crippen molar-refractivity contribution >= 4 is 5.91 Å². The van der Waals surface area contributed by atoms with E-state index in [1.54, 1.807) is 0 Å². The van der Waals surface area contributed by atoms with Crippen molar-refractivity contribution < 1.29 is 4.79 Å². The molecule has 0 spiro atoms. The predicted molar refractivity (Wildman–Crippen MR) is 67.1 cm³/mol. The van der Waals surface area contributed by atoms with Gasteiger partial charge in [0.15, 0.2) is 0 Å². The molecule has 3 nitrogen and oxygen atoms in total. The van der Waals surface area contributed by atoms with Gasteiger partial charge in [-0.1, -0.05) is 19.8 Å². The van der Waals surface area contributed by atoms with Crippen LogP contribution in [0.4, 0.5) is 0 Å². The van der Waals surface area contributed by atoms with E-state index in [0.29, 0.717) is 18.5 Å². The molecular weight excluding hydrogens is 200 g/mol. The first-order valence-electron chi connectivity index (χ1n) is 6.71. The highest BCUT2D eigenvalue weighted by Crippen LogP contribution is 2.25. The van der Waals surface area contributed by atoms with Crippen molar-refractivity contribution in [2.45, 2.75) is 58.4 Å². The van der Waals surface area contributed by atoms with Gasteiger partial charge in [-0.2, -0.15) is 0 Å². The zero-order chi connectivity index (χ0) is 12.0. The minimum atomic E-state index is 0.143. The number of carbonyl (C=O) groups is 1. The second-order valence-corrected chi connectivity index (χ2v) is 4.89. The zero-order valence-electron chi connectivity index (χ0n) is 10.7. The van der Waals surface area contributed by atoms with E-state index >= 15 is 0 Å². The maximum Gasteiger partial charge on any atom is 0.225 e. The molecule has 0 aromatic heterocycles. The largest absolute Gasteiger partial charge is 0.340 e. The van der Waals surface area contributed by atoms with Crippen LogP contribution in [0.3, 0.4) is 0 Å². The highest BCUT2D eigenvalue weighted by atomic mass is 16.2. The molecule has 1 atom stereocenters. The molecule has 1 rings (SSSR count). The van der Waals surface area contributed by atoms with Crippen LogP contribution in [0, 0.1) is 5.92 Å². The number of carbonyl (C=O) groups excluding carboxylic acids is 1. The molecule has 0 aliphatic heterocycles. The first-order chi connectivity index (χ1) is 7.70. The number of hydrogen-bond donors (Lipinski definition) is 1. The molecule has 0 aromatic carbocycles. The Morgan fingerprint density at radius 3 is 2.56 bits per heavy atom. The van der Waals surface area contributed by atoms with E-state index in [1.165, 1.54) is 25.7 Å². The van der Waals surface area contributed by atoms with Crippen molar-refractivity contribution in [3.05, 3.63) is 0 Å². The molecule has 1 saturated carbocycles. The number of rotatable bonds is 6. The van der Waals surface area contributed by atoms with Gasteiger partial charge in [0.05, 0.1) is 0 Å². The Labute approximate surface area is 99.4 Å². The van der Waals surface area contributed by atoms with Gasteiger partial charge in [-0.15, -0.1) is 0 Å². The van der Waals surface area contributed by atoms with Crippen LogP contribution >= 0.6 is 0 Å². The van der Waals surface area contributed by atoms with Gasteiger partial charge in [0.1, 0.15) is 0 Å². The summed E-state index contributed by atoms with van der Waals surface area (Å²) in [6.45, 7) is 5.67. The van der Waals surface area contributed by atoms with Crippen LogP contribution in [0.15, 0.2) is 0 Å². The lowest BCUT2D eigenvalue weighted by molar-refractivity contribution is -0.137. The molecule has 0 aromatic rings. The van der Waals surface area contributed by atoms with Crippen molar-refractivity contribution in [1.29, 1.82) is 0 Å². The summed E-state index contributed by atoms with van der Waals surface area (Å²) in [4.78, 5) is 14.3. The molecule has 3 heteroatoms. The minimum Gasteiger partial charge on any atom is -0.340 e. The van der Waals surface area contributed by atoms with Crippen molar-refractivity contribution in [3.63, 3.8) is 0 Å². The number of nitrogens with zero attached hydrogens (tertiary/aromatic N) is 1. The molecule has 1 amide bonds. The fourth-order valence-electron chi connectivity index (χ4n) is 2.64. The van der Waals surface area contributed by atoms with E-state index in [4.69, 9.17) is 5.73 Å². The Kier molecular flexibility index (Phi) is 5.81. The smallest absolute Gasteiger partial charge is 0.225 e. The van der Waals surface area contributed by atoms with E-state index in [1.807, 2.05) is 6.92 Å². The van der Waals surface area contributed by atoms with Crippen molar-refractivity contribution in [2.75, 3.05) is 13.1 Å². The quantitative estimate of drug-likeness (QED) is 0.754. The molecule has 16 heavy (non-hydrogen) atoms. The highest BCUT2D eigenvalue weighted by molar-refractivity contribution is 5.78. The average molecular weight is 226 g/mol. The lowest BCUT2D eigenvalue weighted by atomic mass is 10.0. The summed E-state index contributed by atoms with van der Waals surface area (Å²) >= 11 is 0. The van der Waals surface area contributed by atoms with E-state index in [9.17, 15) is 4.79 Å². The Balaban J connectivity index is 2.47. The third kappa shape index (κ3) is 3.48. The number of nitrogens with two attached hydrogens (primary N) is 1. The van der Waals surface area contributed by atoms with Crippen LogP contribution in [-0.4, -0.2) is 29.9 Å². The molecule has 94 valence electrons. The SMILES string of the molecule is CCN(C(=O)C(C)CCCN)C1CCCC1. The standard InChI is InChI=1S/C13H26N2O/c1-3-15(12-8-4-5-9-12)13(16)11(2)7-6-10-14/h11-12H,3-10,14H2,1-2H3. The molecule has 1 aliphatic rings. The first-order valence-corrected chi connectivity index (χ1v) is 6.71. The first kappa shape index (κ1) is 13.5. The predicted octanol–water partition coefficient (Wildman–Crippen LogP) is 2.15. The Morgan fingerprint density at radius 1 is 1.44 bits per heavy atom. The van der Waals surface area contributed by atoms with Crippen molar-refractivity contribution in [1.82, 2.24) is 4.90 Å². The summed E-state index contributed by atoms with van der Waals surface area (Å²) in [6, 6.07) is 0.512. The van der Waals surface area contributed by atoms with E-state index in [0.717, 1.165) is 19.4 Å². The van der Waals surface area contributed by atoms with Crippen LogP contribution in [0.1, 0.15) is 52.4 Å². The second kappa shape index (κ2) is 6.89. The second-order valence-electron chi connectivity index (χ2n) is 4.89. The van der Waals surface area contributed by atoms with Gasteiger partial charge in [0.25, 0.3) is 0 Å². The highest BCUT2D eigenvalue weighted by Gasteiger charge is 2.27. The number of amides is 1. The molecular formula is C13H26N2O. The summed E-state index contributed by atoms with van der Waals surface area (Å²) in [7, 11) is 0. The fraction of sp³-hybridized carbons (Fsp3) is 0.923. The molecule has 1 aliphatic carbocycles. The fourth-order valence-corrected chi connectivity index (χ4v) is 2.64. The van der Waals surface area contributed by atoms with Crippen LogP contribution in [0.5, 0.6) is 0 Å². The topological polar surface area (TPSA) is 46.3 Å². The van der Waals surface area contributed by atoms with Gasteiger partial charge in [0.2, 0.25) is 5.91 Å². The van der Waals surface area contributed by atoms with Gasteiger partial charge in [-0.05, 0) is 39.2 Å². The zero-order valence-corrected chi connectivity index (χ0v) is 10.7. The molecule has 0 bridgehead atoms. The monoisotopic (exact) mass is 226 g/mol. The Hall–Kier alpha value is -0.570. The van der Waals surface area contributed by atoms with E-state index in [2.05, 4.69) is 11.8 Å². The van der Waals surface area contributed by atoms with Gasteiger partial charge < -0.3 is 10.6 Å². The van der Waals surface area contributed by atoms with Gasteiger partial charge in [0, 0.05) is 18.5 Å². The maximum absolute atomic E-state index is 12.3.